The minimum Gasteiger partial charge on any atom is -0.614 e. The van der Waals surface area contributed by atoms with Gasteiger partial charge in [0.25, 0.3) is 0 Å². The summed E-state index contributed by atoms with van der Waals surface area (Å²) in [5, 5.41) is 20.6. The number of guanidine groups is 1. The van der Waals surface area contributed by atoms with Gasteiger partial charge in [0.1, 0.15) is 17.7 Å². The molecule has 3 aromatic rings. The first-order valence-electron chi connectivity index (χ1n) is 9.38. The maximum absolute atomic E-state index is 13.4. The molecule has 0 bridgehead atoms. The fourth-order valence-electron chi connectivity index (χ4n) is 3.62. The van der Waals surface area contributed by atoms with Gasteiger partial charge in [-0.3, -0.25) is 10.00 Å². The average molecular weight is 391 g/mol. The third kappa shape index (κ3) is 2.91. The van der Waals surface area contributed by atoms with Gasteiger partial charge in [0, 0.05) is 6.20 Å². The number of benzene rings is 1. The highest BCUT2D eigenvalue weighted by atomic mass is 19.1. The molecule has 0 saturated carbocycles. The summed E-state index contributed by atoms with van der Waals surface area (Å²) in [6.45, 7) is 2.47. The molecule has 0 spiro atoms. The normalized spacial score (nSPS) is 19.1. The van der Waals surface area contributed by atoms with Crippen LogP contribution in [0.3, 0.4) is 0 Å². The molecule has 29 heavy (non-hydrogen) atoms. The van der Waals surface area contributed by atoms with E-state index in [0.717, 1.165) is 17.5 Å². The van der Waals surface area contributed by atoms with E-state index < -0.39 is 4.65 Å². The van der Waals surface area contributed by atoms with Crippen molar-refractivity contribution in [2.75, 3.05) is 5.32 Å². The van der Waals surface area contributed by atoms with Gasteiger partial charge in [0.05, 0.1) is 24.5 Å². The second-order valence-electron chi connectivity index (χ2n) is 7.03. The molecule has 0 amide bonds. The minimum absolute atomic E-state index is 0.278. The highest BCUT2D eigenvalue weighted by Crippen LogP contribution is 2.42. The van der Waals surface area contributed by atoms with Crippen LogP contribution in [-0.2, 0) is 13.0 Å². The topological polar surface area (TPSA) is 91.0 Å². The third-order valence-electron chi connectivity index (χ3n) is 4.92. The predicted octanol–water partition coefficient (Wildman–Crippen LogP) is 3.55. The first-order chi connectivity index (χ1) is 14.1. The number of nitrogens with one attached hydrogen (secondary N) is 1. The zero-order chi connectivity index (χ0) is 20.0. The van der Waals surface area contributed by atoms with Gasteiger partial charge in [-0.05, 0) is 24.1 Å². The second-order valence-corrected chi connectivity index (χ2v) is 7.03. The standard InChI is InChI=1S/C20H18FN7O/c1-2-4-16-17-19(26-20-22-7-8-28(17,20)29)25-18(24-16)14-10-23-27(12-14)11-13-5-3-6-15(21)9-13/h3,5-10,12H,2,4,11H2,1H3,(H,22,24,25,26). The maximum atomic E-state index is 13.4. The third-order valence-corrected chi connectivity index (χ3v) is 4.92. The van der Waals surface area contributed by atoms with Gasteiger partial charge in [-0.15, -0.1) is 0 Å². The summed E-state index contributed by atoms with van der Waals surface area (Å²) in [5.41, 5.74) is 2.73. The number of hydroxylamine groups is 2. The van der Waals surface area contributed by atoms with E-state index in [2.05, 4.69) is 25.4 Å². The number of aliphatic imine (C=N–C) groups is 1. The Balaban J connectivity index is 1.51. The van der Waals surface area contributed by atoms with Crippen LogP contribution in [0.1, 0.15) is 24.6 Å². The van der Waals surface area contributed by atoms with Crippen molar-refractivity contribution >= 4 is 17.5 Å². The number of aryl methyl sites for hydroxylation is 1. The van der Waals surface area contributed by atoms with Crippen molar-refractivity contribution < 1.29 is 4.39 Å². The number of fused-ring (bicyclic) bond motifs is 3. The quantitative estimate of drug-likeness (QED) is 0.531. The van der Waals surface area contributed by atoms with Crippen molar-refractivity contribution in [2.45, 2.75) is 26.3 Å². The number of rotatable bonds is 5. The van der Waals surface area contributed by atoms with Crippen molar-refractivity contribution in [2.24, 2.45) is 4.99 Å². The Morgan fingerprint density at radius 1 is 1.28 bits per heavy atom. The molecule has 1 N–H and O–H groups in total. The predicted molar refractivity (Wildman–Crippen MR) is 108 cm³/mol. The fraction of sp³-hybridized carbons (Fsp3) is 0.200. The van der Waals surface area contributed by atoms with Gasteiger partial charge in [-0.2, -0.15) is 10.1 Å². The number of anilines is 1. The largest absolute Gasteiger partial charge is 0.614 e. The van der Waals surface area contributed by atoms with Crippen LogP contribution < -0.4 is 9.96 Å². The van der Waals surface area contributed by atoms with Gasteiger partial charge in [-0.1, -0.05) is 25.5 Å². The molecule has 2 aromatic heterocycles. The molecule has 1 aromatic carbocycles. The van der Waals surface area contributed by atoms with Crippen molar-refractivity contribution in [3.63, 3.8) is 0 Å². The summed E-state index contributed by atoms with van der Waals surface area (Å²) < 4.78 is 14.3. The first kappa shape index (κ1) is 17.7. The van der Waals surface area contributed by atoms with E-state index in [0.29, 0.717) is 36.0 Å². The van der Waals surface area contributed by atoms with Crippen molar-refractivity contribution in [1.82, 2.24) is 24.4 Å². The lowest BCUT2D eigenvalue weighted by Gasteiger charge is -2.29. The Kier molecular flexibility index (Phi) is 4.00. The van der Waals surface area contributed by atoms with Crippen LogP contribution >= 0.6 is 0 Å². The van der Waals surface area contributed by atoms with E-state index >= 15 is 0 Å². The summed E-state index contributed by atoms with van der Waals surface area (Å²) in [4.78, 5) is 13.4. The molecule has 4 heterocycles. The number of aromatic nitrogens is 4. The fourth-order valence-corrected chi connectivity index (χ4v) is 3.62. The average Bonchev–Trinajstić information content (AvgIpc) is 3.35. The Bertz CT molecular complexity index is 1170. The Morgan fingerprint density at radius 3 is 3.00 bits per heavy atom. The lowest BCUT2D eigenvalue weighted by atomic mass is 10.2. The van der Waals surface area contributed by atoms with Crippen LogP contribution in [0.15, 0.2) is 54.1 Å². The summed E-state index contributed by atoms with van der Waals surface area (Å²) in [6, 6.07) is 6.41. The van der Waals surface area contributed by atoms with E-state index in [-0.39, 0.29) is 11.8 Å². The first-order valence-corrected chi connectivity index (χ1v) is 9.38. The molecular formula is C20H18FN7O. The van der Waals surface area contributed by atoms with Gasteiger partial charge in [0.2, 0.25) is 11.5 Å². The number of halogens is 1. The van der Waals surface area contributed by atoms with Crippen LogP contribution in [0.25, 0.3) is 11.4 Å². The molecule has 0 fully saturated rings. The number of hydrogen-bond acceptors (Lipinski definition) is 6. The highest BCUT2D eigenvalue weighted by molar-refractivity contribution is 6.13. The Morgan fingerprint density at radius 2 is 2.17 bits per heavy atom. The van der Waals surface area contributed by atoms with Gasteiger partial charge < -0.3 is 5.21 Å². The lowest BCUT2D eigenvalue weighted by Crippen LogP contribution is -2.40. The lowest BCUT2D eigenvalue weighted by molar-refractivity contribution is 0.619. The van der Waals surface area contributed by atoms with Gasteiger partial charge in [-0.25, -0.2) is 19.0 Å². The molecule has 8 nitrogen and oxygen atoms in total. The number of quaternary nitrogens is 1. The SMILES string of the molecule is CCCc1nc(-c2cnn(Cc3cccc(F)c3)c2)nc2c1[N+]1([O-])C=CN=C1N2. The molecule has 5 rings (SSSR count). The van der Waals surface area contributed by atoms with Gasteiger partial charge in [0.15, 0.2) is 5.82 Å². The zero-order valence-electron chi connectivity index (χ0n) is 15.7. The second kappa shape index (κ2) is 6.57. The van der Waals surface area contributed by atoms with Crippen LogP contribution in [0, 0.1) is 11.0 Å². The molecule has 2 aliphatic rings. The summed E-state index contributed by atoms with van der Waals surface area (Å²) in [7, 11) is 0. The molecule has 146 valence electrons. The van der Waals surface area contributed by atoms with Crippen molar-refractivity contribution in [1.29, 1.82) is 0 Å². The highest BCUT2D eigenvalue weighted by Gasteiger charge is 2.43. The van der Waals surface area contributed by atoms with E-state index in [1.165, 1.54) is 24.5 Å². The van der Waals surface area contributed by atoms with E-state index in [1.807, 2.05) is 19.2 Å². The summed E-state index contributed by atoms with van der Waals surface area (Å²) >= 11 is 0. The number of hydrogen-bond donors (Lipinski definition) is 1. The van der Waals surface area contributed by atoms with Crippen molar-refractivity contribution in [3.8, 4) is 11.4 Å². The molecule has 9 heteroatoms. The monoisotopic (exact) mass is 391 g/mol. The molecule has 0 saturated heterocycles. The minimum atomic E-state index is -0.774. The maximum Gasteiger partial charge on any atom is 0.318 e. The molecule has 0 radical (unpaired) electrons. The Labute approximate surface area is 166 Å². The number of nitrogens with zero attached hydrogens (tertiary/aromatic N) is 6. The van der Waals surface area contributed by atoms with Crippen molar-refractivity contribution in [3.05, 3.63) is 71.3 Å². The molecule has 1 unspecified atom stereocenters. The van der Waals surface area contributed by atoms with E-state index in [4.69, 9.17) is 0 Å². The Hall–Kier alpha value is -3.43. The summed E-state index contributed by atoms with van der Waals surface area (Å²) in [6.07, 6.45) is 7.97. The van der Waals surface area contributed by atoms with Crippen LogP contribution in [0.4, 0.5) is 15.9 Å². The molecule has 0 aliphatic carbocycles. The van der Waals surface area contributed by atoms with E-state index in [1.54, 1.807) is 16.9 Å². The summed E-state index contributed by atoms with van der Waals surface area (Å²) in [5.74, 6) is 0.974. The molecule has 2 aliphatic heterocycles. The van der Waals surface area contributed by atoms with Crippen LogP contribution in [0.2, 0.25) is 0 Å². The van der Waals surface area contributed by atoms with Gasteiger partial charge >= 0.3 is 5.96 Å². The van der Waals surface area contributed by atoms with Crippen LogP contribution in [0.5, 0.6) is 0 Å². The van der Waals surface area contributed by atoms with E-state index in [9.17, 15) is 9.60 Å². The molecular weight excluding hydrogens is 373 g/mol. The zero-order valence-corrected chi connectivity index (χ0v) is 15.7. The molecule has 1 atom stereocenters. The van der Waals surface area contributed by atoms with Crippen LogP contribution in [-0.4, -0.2) is 25.7 Å². The smallest absolute Gasteiger partial charge is 0.318 e.